The van der Waals surface area contributed by atoms with Gasteiger partial charge in [0.2, 0.25) is 0 Å². The first-order valence-corrected chi connectivity index (χ1v) is 8.41. The van der Waals surface area contributed by atoms with Gasteiger partial charge in [-0.2, -0.15) is 18.3 Å². The van der Waals surface area contributed by atoms with Crippen molar-refractivity contribution in [3.05, 3.63) is 71.3 Å². The highest BCUT2D eigenvalue weighted by atomic mass is 35.5. The molecule has 0 fully saturated rings. The molecule has 1 amide bonds. The largest absolute Gasteiger partial charge is 0.487 e. The number of nitrogens with zero attached hydrogens (tertiary/aromatic N) is 3. The Balaban J connectivity index is 1.63. The number of hydrogen-bond donors (Lipinski definition) is 1. The lowest BCUT2D eigenvalue weighted by Crippen LogP contribution is -2.18. The smallest absolute Gasteiger partial charge is 0.408 e. The van der Waals surface area contributed by atoms with E-state index >= 15 is 0 Å². The number of benzene rings is 1. The van der Waals surface area contributed by atoms with Crippen molar-refractivity contribution in [1.82, 2.24) is 14.8 Å². The van der Waals surface area contributed by atoms with Crippen LogP contribution < -0.4 is 10.1 Å². The quantitative estimate of drug-likeness (QED) is 0.657. The third kappa shape index (κ3) is 5.46. The molecule has 6 nitrogen and oxygen atoms in total. The van der Waals surface area contributed by atoms with E-state index in [0.29, 0.717) is 21.0 Å². The van der Waals surface area contributed by atoms with E-state index in [4.69, 9.17) is 16.3 Å². The van der Waals surface area contributed by atoms with E-state index in [1.807, 2.05) is 0 Å². The standard InChI is InChI=1S/C18H14ClF3N4O2/c19-14-3-1-2-4-16(14)28-10-12-5-6-23-15(7-12)17(27)25-13-8-24-26(9-13)11-18(20,21)22/h1-9H,10-11H2,(H,25,27). The predicted molar refractivity (Wildman–Crippen MR) is 96.3 cm³/mol. The lowest BCUT2D eigenvalue weighted by atomic mass is 10.2. The Bertz CT molecular complexity index is 975. The number of hydrogen-bond acceptors (Lipinski definition) is 4. The molecule has 0 saturated carbocycles. The number of pyridine rings is 1. The number of carbonyl (C=O) groups is 1. The number of carbonyl (C=O) groups excluding carboxylic acids is 1. The van der Waals surface area contributed by atoms with Crippen molar-refractivity contribution >= 4 is 23.2 Å². The van der Waals surface area contributed by atoms with Crippen LogP contribution in [-0.2, 0) is 13.2 Å². The molecule has 10 heteroatoms. The molecule has 2 heterocycles. The van der Waals surface area contributed by atoms with Gasteiger partial charge in [0.15, 0.2) is 0 Å². The van der Waals surface area contributed by atoms with Crippen molar-refractivity contribution in [3.63, 3.8) is 0 Å². The molecular formula is C18H14ClF3N4O2. The molecule has 0 aliphatic rings. The Morgan fingerprint density at radius 1 is 1.25 bits per heavy atom. The summed E-state index contributed by atoms with van der Waals surface area (Å²) >= 11 is 6.02. The summed E-state index contributed by atoms with van der Waals surface area (Å²) in [4.78, 5) is 16.3. The second kappa shape index (κ2) is 8.30. The molecule has 0 saturated heterocycles. The van der Waals surface area contributed by atoms with Crippen LogP contribution >= 0.6 is 11.6 Å². The van der Waals surface area contributed by atoms with E-state index in [-0.39, 0.29) is 18.0 Å². The van der Waals surface area contributed by atoms with Crippen LogP contribution in [0.15, 0.2) is 55.0 Å². The number of ether oxygens (including phenoxy) is 1. The molecule has 28 heavy (non-hydrogen) atoms. The van der Waals surface area contributed by atoms with E-state index in [1.165, 1.54) is 12.3 Å². The molecule has 1 N–H and O–H groups in total. The zero-order valence-corrected chi connectivity index (χ0v) is 15.0. The van der Waals surface area contributed by atoms with Crippen LogP contribution in [0.25, 0.3) is 0 Å². The zero-order valence-electron chi connectivity index (χ0n) is 14.3. The highest BCUT2D eigenvalue weighted by molar-refractivity contribution is 6.32. The molecule has 146 valence electrons. The van der Waals surface area contributed by atoms with Gasteiger partial charge in [-0.25, -0.2) is 0 Å². The van der Waals surface area contributed by atoms with E-state index in [2.05, 4.69) is 15.4 Å². The van der Waals surface area contributed by atoms with Crippen molar-refractivity contribution in [2.45, 2.75) is 19.3 Å². The van der Waals surface area contributed by atoms with Crippen LogP contribution in [0.2, 0.25) is 5.02 Å². The van der Waals surface area contributed by atoms with Gasteiger partial charge in [0.1, 0.15) is 24.6 Å². The minimum atomic E-state index is -4.40. The summed E-state index contributed by atoms with van der Waals surface area (Å²) in [5.74, 6) is -0.0739. The molecule has 0 unspecified atom stereocenters. The van der Waals surface area contributed by atoms with Gasteiger partial charge >= 0.3 is 6.18 Å². The fourth-order valence-electron chi connectivity index (χ4n) is 2.30. The monoisotopic (exact) mass is 410 g/mol. The topological polar surface area (TPSA) is 69.0 Å². The maximum atomic E-state index is 12.4. The Kier molecular flexibility index (Phi) is 5.84. The number of aromatic nitrogens is 3. The van der Waals surface area contributed by atoms with Crippen molar-refractivity contribution in [2.24, 2.45) is 0 Å². The summed E-state index contributed by atoms with van der Waals surface area (Å²) in [6, 6.07) is 10.2. The maximum Gasteiger partial charge on any atom is 0.408 e. The minimum absolute atomic E-state index is 0.0869. The first-order chi connectivity index (χ1) is 13.3. The summed E-state index contributed by atoms with van der Waals surface area (Å²) in [6.45, 7) is -1.08. The summed E-state index contributed by atoms with van der Waals surface area (Å²) in [5.41, 5.74) is 0.894. The van der Waals surface area contributed by atoms with Gasteiger partial charge in [-0.3, -0.25) is 14.5 Å². The summed E-state index contributed by atoms with van der Waals surface area (Å²) in [7, 11) is 0. The predicted octanol–water partition coefficient (Wildman–Crippen LogP) is 4.33. The average molecular weight is 411 g/mol. The highest BCUT2D eigenvalue weighted by Gasteiger charge is 2.28. The van der Waals surface area contributed by atoms with Crippen LogP contribution in [0.3, 0.4) is 0 Å². The Morgan fingerprint density at radius 2 is 2.04 bits per heavy atom. The molecule has 0 spiro atoms. The fourth-order valence-corrected chi connectivity index (χ4v) is 2.49. The average Bonchev–Trinajstić information content (AvgIpc) is 3.06. The molecule has 2 aromatic heterocycles. The van der Waals surface area contributed by atoms with Crippen LogP contribution in [0, 0.1) is 0 Å². The third-order valence-electron chi connectivity index (χ3n) is 3.52. The Hall–Kier alpha value is -3.07. The fraction of sp³-hybridized carbons (Fsp3) is 0.167. The van der Waals surface area contributed by atoms with Crippen molar-refractivity contribution in [3.8, 4) is 5.75 Å². The zero-order chi connectivity index (χ0) is 20.1. The van der Waals surface area contributed by atoms with Gasteiger partial charge in [0.25, 0.3) is 5.91 Å². The number of anilines is 1. The molecule has 0 bridgehead atoms. The van der Waals surface area contributed by atoms with Crippen molar-refractivity contribution in [1.29, 1.82) is 0 Å². The summed E-state index contributed by atoms with van der Waals surface area (Å²) in [6.07, 6.45) is -0.734. The van der Waals surface area contributed by atoms with Crippen LogP contribution in [0.1, 0.15) is 16.1 Å². The normalized spacial score (nSPS) is 11.3. The number of nitrogens with one attached hydrogen (secondary N) is 1. The second-order valence-electron chi connectivity index (χ2n) is 5.76. The molecule has 3 aromatic rings. The van der Waals surface area contributed by atoms with Gasteiger partial charge in [-0.15, -0.1) is 0 Å². The summed E-state index contributed by atoms with van der Waals surface area (Å²) < 4.78 is 43.4. The van der Waals surface area contributed by atoms with Gasteiger partial charge in [0.05, 0.1) is 16.9 Å². The van der Waals surface area contributed by atoms with Gasteiger partial charge in [0, 0.05) is 12.4 Å². The third-order valence-corrected chi connectivity index (χ3v) is 3.83. The van der Waals surface area contributed by atoms with Crippen LogP contribution in [-0.4, -0.2) is 26.8 Å². The first-order valence-electron chi connectivity index (χ1n) is 8.03. The number of amides is 1. The molecule has 3 rings (SSSR count). The van der Waals surface area contributed by atoms with E-state index in [0.717, 1.165) is 12.4 Å². The van der Waals surface area contributed by atoms with Crippen molar-refractivity contribution in [2.75, 3.05) is 5.32 Å². The number of para-hydroxylation sites is 1. The molecule has 0 radical (unpaired) electrons. The number of alkyl halides is 3. The maximum absolute atomic E-state index is 12.4. The van der Waals surface area contributed by atoms with Crippen LogP contribution in [0.4, 0.5) is 18.9 Å². The van der Waals surface area contributed by atoms with E-state index < -0.39 is 18.6 Å². The molecular weight excluding hydrogens is 397 g/mol. The Morgan fingerprint density at radius 3 is 2.79 bits per heavy atom. The van der Waals surface area contributed by atoms with Crippen molar-refractivity contribution < 1.29 is 22.7 Å². The minimum Gasteiger partial charge on any atom is -0.487 e. The highest BCUT2D eigenvalue weighted by Crippen LogP contribution is 2.24. The summed E-state index contributed by atoms with van der Waals surface area (Å²) in [5, 5.41) is 6.49. The lowest BCUT2D eigenvalue weighted by Gasteiger charge is -2.09. The van der Waals surface area contributed by atoms with E-state index in [1.54, 1.807) is 30.3 Å². The molecule has 0 aliphatic carbocycles. The molecule has 0 atom stereocenters. The Labute approximate surface area is 162 Å². The lowest BCUT2D eigenvalue weighted by molar-refractivity contribution is -0.142. The first kappa shape index (κ1) is 19.7. The van der Waals surface area contributed by atoms with Gasteiger partial charge in [-0.1, -0.05) is 23.7 Å². The molecule has 0 aliphatic heterocycles. The second-order valence-corrected chi connectivity index (χ2v) is 6.17. The van der Waals surface area contributed by atoms with Gasteiger partial charge in [-0.05, 0) is 29.8 Å². The van der Waals surface area contributed by atoms with E-state index in [9.17, 15) is 18.0 Å². The molecule has 1 aromatic carbocycles. The number of halogens is 4. The van der Waals surface area contributed by atoms with Crippen LogP contribution in [0.5, 0.6) is 5.75 Å². The number of rotatable bonds is 6. The van der Waals surface area contributed by atoms with Gasteiger partial charge < -0.3 is 10.1 Å². The SMILES string of the molecule is O=C(Nc1cnn(CC(F)(F)F)c1)c1cc(COc2ccccc2Cl)ccn1.